The molecule has 0 amide bonds. The van der Waals surface area contributed by atoms with Crippen LogP contribution in [-0.2, 0) is 14.3 Å². The van der Waals surface area contributed by atoms with Crippen LogP contribution in [0.3, 0.4) is 0 Å². The first-order chi connectivity index (χ1) is 9.79. The Hall–Kier alpha value is -1.25. The maximum atomic E-state index is 12.3. The van der Waals surface area contributed by atoms with E-state index in [1.807, 2.05) is 0 Å². The highest BCUT2D eigenvalue weighted by Crippen LogP contribution is 2.35. The van der Waals surface area contributed by atoms with Gasteiger partial charge in [-0.15, -0.1) is 0 Å². The van der Waals surface area contributed by atoms with Gasteiger partial charge in [0.25, 0.3) is 0 Å². The van der Waals surface area contributed by atoms with Crippen LogP contribution in [0.2, 0.25) is 0 Å². The fraction of sp³-hybridized carbons (Fsp3) is 0.643. The highest BCUT2D eigenvalue weighted by molar-refractivity contribution is 6.10. The third-order valence-corrected chi connectivity index (χ3v) is 3.72. The topological polar surface area (TPSA) is 116 Å². The van der Waals surface area contributed by atoms with Crippen LogP contribution < -0.4 is 0 Å². The molecule has 4 N–H and O–H groups in total. The third-order valence-electron chi connectivity index (χ3n) is 3.72. The van der Waals surface area contributed by atoms with E-state index in [0.29, 0.717) is 5.57 Å². The van der Waals surface area contributed by atoms with E-state index in [9.17, 15) is 25.2 Å². The van der Waals surface area contributed by atoms with Gasteiger partial charge in [0.1, 0.15) is 36.3 Å². The second-order valence-electron chi connectivity index (χ2n) is 5.48. The van der Waals surface area contributed by atoms with Crippen molar-refractivity contribution < 1.29 is 34.7 Å². The highest BCUT2D eigenvalue weighted by atomic mass is 16.5. The van der Waals surface area contributed by atoms with Crippen LogP contribution in [0.15, 0.2) is 22.7 Å². The Morgan fingerprint density at radius 2 is 1.76 bits per heavy atom. The van der Waals surface area contributed by atoms with E-state index < -0.39 is 42.9 Å². The van der Waals surface area contributed by atoms with Crippen LogP contribution in [0.4, 0.5) is 0 Å². The Balaban J connectivity index is 2.35. The molecular weight excluding hydrogens is 280 g/mol. The molecule has 0 aromatic carbocycles. The van der Waals surface area contributed by atoms with Gasteiger partial charge in [0.15, 0.2) is 5.76 Å². The van der Waals surface area contributed by atoms with Crippen molar-refractivity contribution in [2.45, 2.75) is 51.3 Å². The van der Waals surface area contributed by atoms with Gasteiger partial charge in [0, 0.05) is 0 Å². The number of allylic oxidation sites excluding steroid dienone is 3. The second kappa shape index (κ2) is 5.86. The lowest BCUT2D eigenvalue weighted by atomic mass is 9.89. The quantitative estimate of drug-likeness (QED) is 0.483. The normalized spacial score (nSPS) is 37.0. The summed E-state index contributed by atoms with van der Waals surface area (Å²) < 4.78 is 10.8. The Bertz CT molecular complexity index is 501. The predicted octanol–water partition coefficient (Wildman–Crippen LogP) is -1.00. The number of carbonyl (C=O) groups is 1. The first-order valence-electron chi connectivity index (χ1n) is 6.70. The highest BCUT2D eigenvalue weighted by Gasteiger charge is 2.48. The molecule has 0 bridgehead atoms. The van der Waals surface area contributed by atoms with Crippen molar-refractivity contribution in [2.75, 3.05) is 6.61 Å². The van der Waals surface area contributed by atoms with Crippen molar-refractivity contribution in [1.82, 2.24) is 0 Å². The van der Waals surface area contributed by atoms with Crippen molar-refractivity contribution in [1.29, 1.82) is 0 Å². The van der Waals surface area contributed by atoms with Gasteiger partial charge >= 0.3 is 0 Å². The Labute approximate surface area is 122 Å². The second-order valence-corrected chi connectivity index (χ2v) is 5.48. The van der Waals surface area contributed by atoms with E-state index >= 15 is 0 Å². The molecule has 2 aliphatic heterocycles. The summed E-state index contributed by atoms with van der Waals surface area (Å²) in [5.74, 6) is 0.0248. The largest absolute Gasteiger partial charge is 0.457 e. The fourth-order valence-corrected chi connectivity index (χ4v) is 2.54. The van der Waals surface area contributed by atoms with Gasteiger partial charge < -0.3 is 29.9 Å². The summed E-state index contributed by atoms with van der Waals surface area (Å²) >= 11 is 0. The van der Waals surface area contributed by atoms with E-state index in [1.54, 1.807) is 20.8 Å². The lowest BCUT2D eigenvalue weighted by molar-refractivity contribution is -0.219. The maximum Gasteiger partial charge on any atom is 0.230 e. The summed E-state index contributed by atoms with van der Waals surface area (Å²) in [5, 5.41) is 38.8. The van der Waals surface area contributed by atoms with Crippen LogP contribution in [0, 0.1) is 0 Å². The number of rotatable bonds is 2. The zero-order valence-corrected chi connectivity index (χ0v) is 12.1. The Morgan fingerprint density at radius 3 is 2.24 bits per heavy atom. The number of hydrogen-bond acceptors (Lipinski definition) is 7. The summed E-state index contributed by atoms with van der Waals surface area (Å²) in [4.78, 5) is 12.3. The number of aliphatic hydroxyl groups is 4. The molecule has 21 heavy (non-hydrogen) atoms. The van der Waals surface area contributed by atoms with Gasteiger partial charge in [-0.1, -0.05) is 0 Å². The van der Waals surface area contributed by atoms with Crippen LogP contribution in [-0.4, -0.2) is 63.3 Å². The summed E-state index contributed by atoms with van der Waals surface area (Å²) in [7, 11) is 0. The van der Waals surface area contributed by atoms with Crippen LogP contribution >= 0.6 is 0 Å². The van der Waals surface area contributed by atoms with Crippen LogP contribution in [0.5, 0.6) is 0 Å². The molecule has 0 saturated carbocycles. The molecule has 0 spiro atoms. The monoisotopic (exact) mass is 300 g/mol. The molecule has 2 rings (SSSR count). The minimum Gasteiger partial charge on any atom is -0.457 e. The zero-order valence-electron chi connectivity index (χ0n) is 12.1. The maximum absolute atomic E-state index is 12.3. The molecule has 2 heterocycles. The minimum absolute atomic E-state index is 0.100. The van der Waals surface area contributed by atoms with E-state index in [4.69, 9.17) is 9.47 Å². The van der Waals surface area contributed by atoms with Crippen molar-refractivity contribution >= 4 is 5.78 Å². The molecule has 7 heteroatoms. The summed E-state index contributed by atoms with van der Waals surface area (Å²) in [5.41, 5.74) is 0.780. The standard InChI is InChI=1S/C14H20O7/c1-5(2)13-10(17)8(6(3)20-13)14-12(19)11(18)9(16)7(4-15)21-14/h7,9,11-12,14-16,18-19H,4H2,1-3H3/t7-,9-,11+,12-,14?/m1/s1. The van der Waals surface area contributed by atoms with Gasteiger partial charge in [0.05, 0.1) is 12.2 Å². The molecule has 1 unspecified atom stereocenters. The van der Waals surface area contributed by atoms with E-state index in [1.165, 1.54) is 0 Å². The average Bonchev–Trinajstić information content (AvgIpc) is 2.73. The zero-order chi connectivity index (χ0) is 15.9. The molecule has 0 aromatic rings. The Morgan fingerprint density at radius 1 is 1.14 bits per heavy atom. The fourth-order valence-electron chi connectivity index (χ4n) is 2.54. The first kappa shape index (κ1) is 16.1. The van der Waals surface area contributed by atoms with Gasteiger partial charge in [-0.05, 0) is 26.3 Å². The molecule has 0 aromatic heterocycles. The number of ketones is 1. The number of aliphatic hydroxyl groups excluding tert-OH is 4. The Kier molecular flexibility index (Phi) is 4.50. The molecule has 118 valence electrons. The van der Waals surface area contributed by atoms with Crippen LogP contribution in [0.1, 0.15) is 20.8 Å². The average molecular weight is 300 g/mol. The summed E-state index contributed by atoms with van der Waals surface area (Å²) in [6.45, 7) is 4.45. The molecule has 5 atom stereocenters. The lowest BCUT2D eigenvalue weighted by Crippen LogP contribution is -2.59. The smallest absolute Gasteiger partial charge is 0.230 e. The van der Waals surface area contributed by atoms with Gasteiger partial charge in [-0.2, -0.15) is 0 Å². The SMILES string of the molecule is CC(C)=C1OC(C)=C(C2O[C@H](CO)[C@@H](O)[C@H](O)[C@H]2O)C1=O. The molecule has 1 fully saturated rings. The lowest BCUT2D eigenvalue weighted by Gasteiger charge is -2.40. The number of Topliss-reactive ketones (excluding diaryl/α,β-unsaturated/α-hetero) is 1. The number of hydrogen-bond donors (Lipinski definition) is 4. The minimum atomic E-state index is -1.52. The van der Waals surface area contributed by atoms with E-state index in [0.717, 1.165) is 0 Å². The van der Waals surface area contributed by atoms with E-state index in [2.05, 4.69) is 0 Å². The third kappa shape index (κ3) is 2.63. The van der Waals surface area contributed by atoms with Gasteiger partial charge in [-0.25, -0.2) is 0 Å². The van der Waals surface area contributed by atoms with Gasteiger partial charge in [-0.3, -0.25) is 4.79 Å². The molecule has 1 saturated heterocycles. The number of ether oxygens (including phenoxy) is 2. The van der Waals surface area contributed by atoms with Crippen molar-refractivity contribution in [3.05, 3.63) is 22.7 Å². The van der Waals surface area contributed by atoms with Crippen molar-refractivity contribution in [3.63, 3.8) is 0 Å². The van der Waals surface area contributed by atoms with Crippen LogP contribution in [0.25, 0.3) is 0 Å². The molecule has 7 nitrogen and oxygen atoms in total. The number of carbonyl (C=O) groups excluding carboxylic acids is 1. The van der Waals surface area contributed by atoms with Crippen molar-refractivity contribution in [2.24, 2.45) is 0 Å². The molecule has 0 radical (unpaired) electrons. The van der Waals surface area contributed by atoms with Crippen molar-refractivity contribution in [3.8, 4) is 0 Å². The van der Waals surface area contributed by atoms with E-state index in [-0.39, 0.29) is 17.1 Å². The summed E-state index contributed by atoms with van der Waals surface area (Å²) in [6.07, 6.45) is -6.69. The van der Waals surface area contributed by atoms with Gasteiger partial charge in [0.2, 0.25) is 5.78 Å². The molecule has 0 aliphatic carbocycles. The molecular formula is C14H20O7. The molecule has 2 aliphatic rings. The predicted molar refractivity (Wildman–Crippen MR) is 70.9 cm³/mol. The first-order valence-corrected chi connectivity index (χ1v) is 6.70. The summed E-state index contributed by atoms with van der Waals surface area (Å²) in [6, 6.07) is 0.